The summed E-state index contributed by atoms with van der Waals surface area (Å²) in [7, 11) is 1.45. The van der Waals surface area contributed by atoms with E-state index in [-0.39, 0.29) is 5.56 Å². The molecular formula is C14H13F2N3O2. The standard InChI is InChI=1S/C14H13F2N3O2/c1-21-12-5-3-2-4-11(12)18-14(20)8-6-9(15)13(19-17)10(16)7-8/h2-7,19H,17H2,1H3,(H,18,20). The number of para-hydroxylation sites is 2. The first-order chi connectivity index (χ1) is 10.1. The number of carbonyl (C=O) groups excluding carboxylic acids is 1. The van der Waals surface area contributed by atoms with Crippen molar-refractivity contribution >= 4 is 17.3 Å². The van der Waals surface area contributed by atoms with Crippen molar-refractivity contribution in [1.82, 2.24) is 0 Å². The van der Waals surface area contributed by atoms with E-state index < -0.39 is 23.2 Å². The maximum Gasteiger partial charge on any atom is 0.255 e. The highest BCUT2D eigenvalue weighted by molar-refractivity contribution is 6.05. The number of nitrogens with one attached hydrogen (secondary N) is 2. The SMILES string of the molecule is COc1ccccc1NC(=O)c1cc(F)c(NN)c(F)c1. The quantitative estimate of drug-likeness (QED) is 0.598. The lowest BCUT2D eigenvalue weighted by Gasteiger charge is -2.11. The first-order valence-corrected chi connectivity index (χ1v) is 5.97. The number of rotatable bonds is 4. The number of ether oxygens (including phenoxy) is 1. The molecule has 21 heavy (non-hydrogen) atoms. The molecule has 0 saturated carbocycles. The van der Waals surface area contributed by atoms with Gasteiger partial charge in [-0.25, -0.2) is 8.78 Å². The van der Waals surface area contributed by atoms with Gasteiger partial charge in [-0.15, -0.1) is 0 Å². The highest BCUT2D eigenvalue weighted by Gasteiger charge is 2.15. The Labute approximate surface area is 119 Å². The summed E-state index contributed by atoms with van der Waals surface area (Å²) in [4.78, 5) is 12.0. The van der Waals surface area contributed by atoms with Gasteiger partial charge in [0.05, 0.1) is 12.8 Å². The van der Waals surface area contributed by atoms with Crippen molar-refractivity contribution in [3.05, 3.63) is 53.6 Å². The van der Waals surface area contributed by atoms with Gasteiger partial charge in [0.15, 0.2) is 11.6 Å². The fraction of sp³-hybridized carbons (Fsp3) is 0.0714. The summed E-state index contributed by atoms with van der Waals surface area (Å²) in [5, 5.41) is 2.52. The van der Waals surface area contributed by atoms with Crippen molar-refractivity contribution in [2.24, 2.45) is 5.84 Å². The number of hydrogen-bond acceptors (Lipinski definition) is 4. The number of halogens is 2. The van der Waals surface area contributed by atoms with Crippen LogP contribution in [0.25, 0.3) is 0 Å². The van der Waals surface area contributed by atoms with Crippen LogP contribution in [0.15, 0.2) is 36.4 Å². The lowest BCUT2D eigenvalue weighted by atomic mass is 10.1. The van der Waals surface area contributed by atoms with Crippen molar-refractivity contribution in [1.29, 1.82) is 0 Å². The minimum absolute atomic E-state index is 0.171. The molecule has 0 atom stereocenters. The normalized spacial score (nSPS) is 10.1. The summed E-state index contributed by atoms with van der Waals surface area (Å²) in [6, 6.07) is 8.47. The Hall–Kier alpha value is -2.67. The van der Waals surface area contributed by atoms with Gasteiger partial charge < -0.3 is 15.5 Å². The largest absolute Gasteiger partial charge is 0.495 e. The van der Waals surface area contributed by atoms with E-state index in [1.54, 1.807) is 24.3 Å². The van der Waals surface area contributed by atoms with Crippen molar-refractivity contribution in [3.63, 3.8) is 0 Å². The number of hydrazine groups is 1. The minimum Gasteiger partial charge on any atom is -0.495 e. The van der Waals surface area contributed by atoms with E-state index >= 15 is 0 Å². The third-order valence-electron chi connectivity index (χ3n) is 2.80. The fourth-order valence-corrected chi connectivity index (χ4v) is 1.78. The van der Waals surface area contributed by atoms with E-state index in [4.69, 9.17) is 10.6 Å². The molecule has 2 aromatic carbocycles. The van der Waals surface area contributed by atoms with Crippen LogP contribution in [0.3, 0.4) is 0 Å². The second-order valence-corrected chi connectivity index (χ2v) is 4.11. The van der Waals surface area contributed by atoms with Crippen molar-refractivity contribution < 1.29 is 18.3 Å². The highest BCUT2D eigenvalue weighted by Crippen LogP contribution is 2.25. The van der Waals surface area contributed by atoms with Crippen LogP contribution in [0, 0.1) is 11.6 Å². The van der Waals surface area contributed by atoms with Gasteiger partial charge in [-0.2, -0.15) is 0 Å². The van der Waals surface area contributed by atoms with Crippen LogP contribution < -0.4 is 21.3 Å². The first-order valence-electron chi connectivity index (χ1n) is 5.97. The van der Waals surface area contributed by atoms with Gasteiger partial charge in [0.25, 0.3) is 5.91 Å². The zero-order valence-electron chi connectivity index (χ0n) is 11.1. The number of nitrogen functional groups attached to an aromatic ring is 1. The summed E-state index contributed by atoms with van der Waals surface area (Å²) in [6.07, 6.45) is 0. The first kappa shape index (κ1) is 14.7. The molecule has 110 valence electrons. The van der Waals surface area contributed by atoms with Crippen molar-refractivity contribution in [2.45, 2.75) is 0 Å². The Morgan fingerprint density at radius 1 is 1.19 bits per heavy atom. The maximum atomic E-state index is 13.6. The van der Waals surface area contributed by atoms with E-state index in [0.717, 1.165) is 12.1 Å². The number of nitrogens with two attached hydrogens (primary N) is 1. The Morgan fingerprint density at radius 2 is 1.81 bits per heavy atom. The molecule has 2 rings (SSSR count). The molecule has 1 amide bonds. The summed E-state index contributed by atoms with van der Waals surface area (Å²) in [5.41, 5.74) is 1.62. The maximum absolute atomic E-state index is 13.6. The summed E-state index contributed by atoms with van der Waals surface area (Å²) >= 11 is 0. The predicted molar refractivity (Wildman–Crippen MR) is 75.1 cm³/mol. The molecule has 4 N–H and O–H groups in total. The van der Waals surface area contributed by atoms with E-state index in [1.165, 1.54) is 7.11 Å². The second kappa shape index (κ2) is 6.19. The predicted octanol–water partition coefficient (Wildman–Crippen LogP) is 2.51. The average molecular weight is 293 g/mol. The minimum atomic E-state index is -0.956. The topological polar surface area (TPSA) is 76.4 Å². The molecule has 0 fully saturated rings. The summed E-state index contributed by atoms with van der Waals surface area (Å²) in [6.45, 7) is 0. The van der Waals surface area contributed by atoms with Crippen molar-refractivity contribution in [3.8, 4) is 5.75 Å². The van der Waals surface area contributed by atoms with Gasteiger partial charge in [-0.1, -0.05) is 12.1 Å². The molecular weight excluding hydrogens is 280 g/mol. The van der Waals surface area contributed by atoms with Gasteiger partial charge in [0.2, 0.25) is 0 Å². The second-order valence-electron chi connectivity index (χ2n) is 4.11. The molecule has 0 saturated heterocycles. The number of anilines is 2. The summed E-state index contributed by atoms with van der Waals surface area (Å²) < 4.78 is 32.2. The number of methoxy groups -OCH3 is 1. The number of amides is 1. The molecule has 0 spiro atoms. The Balaban J connectivity index is 2.29. The van der Waals surface area contributed by atoms with E-state index in [2.05, 4.69) is 5.32 Å². The molecule has 7 heteroatoms. The Morgan fingerprint density at radius 3 is 2.38 bits per heavy atom. The van der Waals surface area contributed by atoms with Crippen LogP contribution in [-0.2, 0) is 0 Å². The van der Waals surface area contributed by atoms with Crippen LogP contribution in [0.5, 0.6) is 5.75 Å². The number of carbonyl (C=O) groups is 1. The molecule has 2 aromatic rings. The molecule has 0 unspecified atom stereocenters. The zero-order chi connectivity index (χ0) is 15.4. The molecule has 0 radical (unpaired) electrons. The van der Waals surface area contributed by atoms with Crippen LogP contribution >= 0.6 is 0 Å². The van der Waals surface area contributed by atoms with Crippen LogP contribution in [0.4, 0.5) is 20.2 Å². The smallest absolute Gasteiger partial charge is 0.255 e. The third-order valence-corrected chi connectivity index (χ3v) is 2.80. The zero-order valence-corrected chi connectivity index (χ0v) is 11.1. The molecule has 0 bridgehead atoms. The van der Waals surface area contributed by atoms with Gasteiger partial charge in [0.1, 0.15) is 11.4 Å². The third kappa shape index (κ3) is 3.09. The molecule has 5 nitrogen and oxygen atoms in total. The lowest BCUT2D eigenvalue weighted by molar-refractivity contribution is 0.102. The van der Waals surface area contributed by atoms with Gasteiger partial charge in [0, 0.05) is 5.56 Å². The van der Waals surface area contributed by atoms with Crippen LogP contribution in [0.1, 0.15) is 10.4 Å². The van der Waals surface area contributed by atoms with E-state index in [9.17, 15) is 13.6 Å². The number of benzene rings is 2. The number of hydrogen-bond donors (Lipinski definition) is 3. The monoisotopic (exact) mass is 293 g/mol. The molecule has 0 heterocycles. The van der Waals surface area contributed by atoms with Gasteiger partial charge in [-0.05, 0) is 24.3 Å². The fourth-order valence-electron chi connectivity index (χ4n) is 1.78. The molecule has 0 aromatic heterocycles. The Kier molecular flexibility index (Phi) is 4.34. The molecule has 0 aliphatic rings. The van der Waals surface area contributed by atoms with Gasteiger partial charge >= 0.3 is 0 Å². The summed E-state index contributed by atoms with van der Waals surface area (Å²) in [5.74, 6) is 2.85. The Bertz CT molecular complexity index is 654. The van der Waals surface area contributed by atoms with E-state index in [0.29, 0.717) is 11.4 Å². The van der Waals surface area contributed by atoms with Crippen molar-refractivity contribution in [2.75, 3.05) is 17.9 Å². The molecule has 0 aliphatic carbocycles. The highest BCUT2D eigenvalue weighted by atomic mass is 19.1. The molecule has 0 aliphatic heterocycles. The van der Waals surface area contributed by atoms with Crippen LogP contribution in [-0.4, -0.2) is 13.0 Å². The van der Waals surface area contributed by atoms with Gasteiger partial charge in [-0.3, -0.25) is 10.6 Å². The van der Waals surface area contributed by atoms with Crippen LogP contribution in [0.2, 0.25) is 0 Å². The average Bonchev–Trinajstić information content (AvgIpc) is 2.47. The lowest BCUT2D eigenvalue weighted by Crippen LogP contribution is -2.16. The van der Waals surface area contributed by atoms with E-state index in [1.807, 2.05) is 5.43 Å².